The molecule has 0 bridgehead atoms. The molecule has 2 aromatic carbocycles. The van der Waals surface area contributed by atoms with E-state index in [1.165, 1.54) is 12.1 Å². The molecule has 9 heteroatoms. The molecule has 1 atom stereocenters. The first-order valence-corrected chi connectivity index (χ1v) is 10.8. The molecule has 5 aromatic rings. The zero-order chi connectivity index (χ0) is 24.0. The number of hydrogen-bond acceptors (Lipinski definition) is 7. The number of nitrogens with one attached hydrogen (secondary N) is 2. The largest absolute Gasteiger partial charge is 0.496 e. The second-order valence-corrected chi connectivity index (χ2v) is 8.20. The molecule has 0 saturated heterocycles. The van der Waals surface area contributed by atoms with Gasteiger partial charge < -0.3 is 24.7 Å². The summed E-state index contributed by atoms with van der Waals surface area (Å²) in [6, 6.07) is 9.47. The summed E-state index contributed by atoms with van der Waals surface area (Å²) in [6.45, 7) is 5.36. The molecule has 0 saturated carbocycles. The Kier molecular flexibility index (Phi) is 5.41. The lowest BCUT2D eigenvalue weighted by atomic mass is 10.0. The van der Waals surface area contributed by atoms with Gasteiger partial charge in [-0.15, -0.1) is 0 Å². The number of aromatic amines is 1. The van der Waals surface area contributed by atoms with Crippen molar-refractivity contribution in [1.82, 2.24) is 20.1 Å². The molecule has 174 valence electrons. The number of H-pyrrole nitrogens is 1. The van der Waals surface area contributed by atoms with Crippen LogP contribution in [0.15, 0.2) is 40.9 Å². The number of ether oxygens (including phenoxy) is 1. The number of aromatic nitrogens is 4. The maximum atomic E-state index is 13.4. The zero-order valence-electron chi connectivity index (χ0n) is 19.2. The summed E-state index contributed by atoms with van der Waals surface area (Å²) in [6.07, 6.45) is 0. The molecule has 3 heterocycles. The van der Waals surface area contributed by atoms with Gasteiger partial charge in [-0.25, -0.2) is 14.4 Å². The Bertz CT molecular complexity index is 1490. The standard InChI is InChI=1S/C25H24FN5O3/c1-12-22(13(2)34-31-12)18-9-19-17(10-21(18)33-4)23-24(29-19)27-14(3)28-25(23)30-20(11-32)15-5-7-16(26)8-6-15/h5-10,20,32H,11H2,1-4H3,(H2,27,28,29,30). The number of methoxy groups -OCH3 is 1. The monoisotopic (exact) mass is 461 g/mol. The molecule has 3 aromatic heterocycles. The second kappa shape index (κ2) is 8.42. The first-order valence-electron chi connectivity index (χ1n) is 10.8. The van der Waals surface area contributed by atoms with E-state index in [4.69, 9.17) is 9.26 Å². The topological polar surface area (TPSA) is 109 Å². The van der Waals surface area contributed by atoms with Crippen molar-refractivity contribution in [2.24, 2.45) is 0 Å². The summed E-state index contributed by atoms with van der Waals surface area (Å²) in [5, 5.41) is 19.1. The van der Waals surface area contributed by atoms with Crippen LogP contribution in [0, 0.1) is 26.6 Å². The molecule has 1 unspecified atom stereocenters. The molecule has 8 nitrogen and oxygen atoms in total. The van der Waals surface area contributed by atoms with Crippen molar-refractivity contribution < 1.29 is 18.8 Å². The van der Waals surface area contributed by atoms with Gasteiger partial charge in [0, 0.05) is 16.5 Å². The molecule has 0 amide bonds. The third kappa shape index (κ3) is 3.63. The molecule has 3 N–H and O–H groups in total. The van der Waals surface area contributed by atoms with Crippen molar-refractivity contribution in [2.45, 2.75) is 26.8 Å². The lowest BCUT2D eigenvalue weighted by Crippen LogP contribution is -2.16. The summed E-state index contributed by atoms with van der Waals surface area (Å²) < 4.78 is 24.5. The summed E-state index contributed by atoms with van der Waals surface area (Å²) in [7, 11) is 1.62. The molecular weight excluding hydrogens is 437 g/mol. The maximum Gasteiger partial charge on any atom is 0.144 e. The molecule has 34 heavy (non-hydrogen) atoms. The van der Waals surface area contributed by atoms with Crippen molar-refractivity contribution in [2.75, 3.05) is 19.0 Å². The normalized spacial score (nSPS) is 12.4. The van der Waals surface area contributed by atoms with Crippen LogP contribution in [0.3, 0.4) is 0 Å². The maximum absolute atomic E-state index is 13.4. The van der Waals surface area contributed by atoms with Gasteiger partial charge in [0.05, 0.1) is 36.4 Å². The van der Waals surface area contributed by atoms with E-state index in [2.05, 4.69) is 25.4 Å². The minimum absolute atomic E-state index is 0.196. The Balaban J connectivity index is 1.69. The second-order valence-electron chi connectivity index (χ2n) is 8.20. The number of nitrogens with zero attached hydrogens (tertiary/aromatic N) is 3. The SMILES string of the molecule is COc1cc2c(cc1-c1c(C)noc1C)[nH]c1nc(C)nc(NC(CO)c3ccc(F)cc3)c12. The van der Waals surface area contributed by atoms with E-state index in [1.807, 2.05) is 26.0 Å². The van der Waals surface area contributed by atoms with E-state index in [9.17, 15) is 9.50 Å². The molecule has 0 fully saturated rings. The Hall–Kier alpha value is -3.98. The summed E-state index contributed by atoms with van der Waals surface area (Å²) in [5.41, 5.74) is 4.75. The lowest BCUT2D eigenvalue weighted by Gasteiger charge is -2.18. The van der Waals surface area contributed by atoms with Crippen LogP contribution in [0.1, 0.15) is 28.9 Å². The Morgan fingerprint density at radius 1 is 1.15 bits per heavy atom. The average molecular weight is 461 g/mol. The van der Waals surface area contributed by atoms with Gasteiger partial charge in [0.25, 0.3) is 0 Å². The van der Waals surface area contributed by atoms with Crippen LogP contribution >= 0.6 is 0 Å². The molecule has 0 aliphatic rings. The summed E-state index contributed by atoms with van der Waals surface area (Å²) in [4.78, 5) is 12.6. The number of fused-ring (bicyclic) bond motifs is 3. The Morgan fingerprint density at radius 2 is 1.91 bits per heavy atom. The van der Waals surface area contributed by atoms with E-state index in [-0.39, 0.29) is 12.4 Å². The van der Waals surface area contributed by atoms with Gasteiger partial charge in [-0.2, -0.15) is 0 Å². The number of aryl methyl sites for hydroxylation is 3. The van der Waals surface area contributed by atoms with Gasteiger partial charge >= 0.3 is 0 Å². The van der Waals surface area contributed by atoms with Crippen LogP contribution in [0.2, 0.25) is 0 Å². The van der Waals surface area contributed by atoms with E-state index in [1.54, 1.807) is 26.2 Å². The predicted molar refractivity (Wildman–Crippen MR) is 128 cm³/mol. The molecule has 0 radical (unpaired) electrons. The minimum atomic E-state index is -0.480. The van der Waals surface area contributed by atoms with E-state index in [0.29, 0.717) is 28.8 Å². The molecule has 0 spiro atoms. The van der Waals surface area contributed by atoms with E-state index in [0.717, 1.165) is 38.7 Å². The van der Waals surface area contributed by atoms with Crippen molar-refractivity contribution >= 4 is 27.8 Å². The van der Waals surface area contributed by atoms with Crippen LogP contribution in [0.25, 0.3) is 33.1 Å². The third-order valence-electron chi connectivity index (χ3n) is 5.95. The number of aliphatic hydroxyl groups excluding tert-OH is 1. The van der Waals surface area contributed by atoms with Crippen LogP contribution in [-0.2, 0) is 0 Å². The number of rotatable bonds is 6. The number of hydrogen-bond donors (Lipinski definition) is 3. The third-order valence-corrected chi connectivity index (χ3v) is 5.95. The van der Waals surface area contributed by atoms with E-state index >= 15 is 0 Å². The summed E-state index contributed by atoms with van der Waals surface area (Å²) >= 11 is 0. The van der Waals surface area contributed by atoms with Gasteiger partial charge in [0.2, 0.25) is 0 Å². The van der Waals surface area contributed by atoms with Crippen molar-refractivity contribution in [3.63, 3.8) is 0 Å². The molecule has 0 aliphatic carbocycles. The number of aliphatic hydroxyl groups is 1. The van der Waals surface area contributed by atoms with Gasteiger partial charge in [0.15, 0.2) is 0 Å². The highest BCUT2D eigenvalue weighted by Gasteiger charge is 2.21. The Morgan fingerprint density at radius 3 is 2.56 bits per heavy atom. The van der Waals surface area contributed by atoms with Crippen molar-refractivity contribution in [3.8, 4) is 16.9 Å². The van der Waals surface area contributed by atoms with Crippen LogP contribution < -0.4 is 10.1 Å². The number of halogens is 1. The van der Waals surface area contributed by atoms with Crippen molar-refractivity contribution in [3.05, 3.63) is 65.1 Å². The zero-order valence-corrected chi connectivity index (χ0v) is 19.2. The predicted octanol–water partition coefficient (Wildman–Crippen LogP) is 4.98. The van der Waals surface area contributed by atoms with Gasteiger partial charge in [-0.05, 0) is 50.6 Å². The van der Waals surface area contributed by atoms with Crippen LogP contribution in [0.4, 0.5) is 10.2 Å². The Labute approximate surface area is 194 Å². The number of benzene rings is 2. The highest BCUT2D eigenvalue weighted by Crippen LogP contribution is 2.41. The minimum Gasteiger partial charge on any atom is -0.496 e. The summed E-state index contributed by atoms with van der Waals surface area (Å²) in [5.74, 6) is 2.15. The van der Waals surface area contributed by atoms with Gasteiger partial charge in [-0.1, -0.05) is 17.3 Å². The highest BCUT2D eigenvalue weighted by molar-refractivity contribution is 6.12. The smallest absolute Gasteiger partial charge is 0.144 e. The fourth-order valence-corrected chi connectivity index (χ4v) is 4.37. The lowest BCUT2D eigenvalue weighted by molar-refractivity contribution is 0.276. The van der Waals surface area contributed by atoms with Crippen molar-refractivity contribution in [1.29, 1.82) is 0 Å². The van der Waals surface area contributed by atoms with Crippen LogP contribution in [-0.4, -0.2) is 38.9 Å². The average Bonchev–Trinajstić information content (AvgIpc) is 3.35. The number of anilines is 1. The fourth-order valence-electron chi connectivity index (χ4n) is 4.37. The fraction of sp³-hybridized carbons (Fsp3) is 0.240. The van der Waals surface area contributed by atoms with E-state index < -0.39 is 6.04 Å². The quantitative estimate of drug-likeness (QED) is 0.327. The molecule has 0 aliphatic heterocycles. The molecular formula is C25H24FN5O3. The highest BCUT2D eigenvalue weighted by atomic mass is 19.1. The van der Waals surface area contributed by atoms with Gasteiger partial charge in [0.1, 0.15) is 34.6 Å². The van der Waals surface area contributed by atoms with Gasteiger partial charge in [-0.3, -0.25) is 0 Å². The first-order chi connectivity index (χ1) is 16.4. The first kappa shape index (κ1) is 21.8. The molecule has 5 rings (SSSR count). The van der Waals surface area contributed by atoms with Crippen LogP contribution in [0.5, 0.6) is 5.75 Å².